The number of nitrogen functional groups attached to an aromatic ring is 1. The molecule has 1 aromatic heterocycles. The number of fused-ring (bicyclic) bond motifs is 1. The highest BCUT2D eigenvalue weighted by Gasteiger charge is 2.24. The van der Waals surface area contributed by atoms with Gasteiger partial charge in [-0.2, -0.15) is 0 Å². The van der Waals surface area contributed by atoms with Gasteiger partial charge in [0.25, 0.3) is 11.8 Å². The van der Waals surface area contributed by atoms with E-state index in [9.17, 15) is 9.59 Å². The lowest BCUT2D eigenvalue weighted by Crippen LogP contribution is -2.33. The minimum Gasteiger partial charge on any atom is -0.493 e. The summed E-state index contributed by atoms with van der Waals surface area (Å²) in [5.41, 5.74) is 8.53. The maximum Gasteiger partial charge on any atom is 0.277 e. The normalized spacial score (nSPS) is 12.3. The van der Waals surface area contributed by atoms with Crippen molar-refractivity contribution in [2.75, 3.05) is 44.0 Å². The lowest BCUT2D eigenvalue weighted by molar-refractivity contribution is -0.120. The largest absolute Gasteiger partial charge is 0.493 e. The summed E-state index contributed by atoms with van der Waals surface area (Å²) in [5, 5.41) is 12.7. The van der Waals surface area contributed by atoms with E-state index in [1.54, 1.807) is 18.1 Å². The van der Waals surface area contributed by atoms with E-state index in [-0.39, 0.29) is 24.0 Å². The van der Waals surface area contributed by atoms with Crippen molar-refractivity contribution in [2.45, 2.75) is 13.0 Å². The Balaban J connectivity index is 1.23. The van der Waals surface area contributed by atoms with Crippen molar-refractivity contribution in [3.05, 3.63) is 59.3 Å². The van der Waals surface area contributed by atoms with E-state index < -0.39 is 5.91 Å². The number of hydrogen-bond donors (Lipinski definition) is 3. The molecule has 11 heteroatoms. The van der Waals surface area contributed by atoms with Crippen molar-refractivity contribution in [3.63, 3.8) is 0 Å². The second kappa shape index (κ2) is 10.7. The fourth-order valence-electron chi connectivity index (χ4n) is 3.69. The number of aromatic nitrogens is 2. The minimum atomic E-state index is -0.448. The summed E-state index contributed by atoms with van der Waals surface area (Å²) in [6.07, 6.45) is 0.849. The first-order valence-electron chi connectivity index (χ1n) is 10.8. The highest BCUT2D eigenvalue weighted by molar-refractivity contribution is 5.96. The molecule has 0 radical (unpaired) electrons. The maximum absolute atomic E-state index is 12.7. The average molecular weight is 466 g/mol. The number of rotatable bonds is 10. The van der Waals surface area contributed by atoms with Crippen LogP contribution in [-0.2, 0) is 17.8 Å². The van der Waals surface area contributed by atoms with Gasteiger partial charge in [-0.05, 0) is 46.1 Å². The molecular weight excluding hydrogens is 440 g/mol. The van der Waals surface area contributed by atoms with Gasteiger partial charge in [0.15, 0.2) is 18.1 Å². The summed E-state index contributed by atoms with van der Waals surface area (Å²) >= 11 is 0. The van der Waals surface area contributed by atoms with Crippen LogP contribution >= 0.6 is 0 Å². The standard InChI is InChI=1S/C23H26N6O5/c1-32-19-12-15(13-25-9-10-26-23(31)21-22(24)28-34-27-21)6-7-18(19)33-14-20(30)29-11-8-16-4-2-3-5-17(16)29/h2-7,12,25H,8-11,13-14H2,1H3,(H2,24,28)(H,26,31). The number of benzene rings is 2. The Morgan fingerprint density at radius 3 is 2.79 bits per heavy atom. The molecule has 11 nitrogen and oxygen atoms in total. The third-order valence-electron chi connectivity index (χ3n) is 5.41. The van der Waals surface area contributed by atoms with E-state index in [1.165, 1.54) is 5.56 Å². The van der Waals surface area contributed by atoms with Gasteiger partial charge in [0, 0.05) is 31.9 Å². The predicted molar refractivity (Wildman–Crippen MR) is 124 cm³/mol. The van der Waals surface area contributed by atoms with Gasteiger partial charge in [0.05, 0.1) is 7.11 Å². The molecule has 2 aromatic carbocycles. The molecule has 34 heavy (non-hydrogen) atoms. The number of amides is 2. The van der Waals surface area contributed by atoms with Gasteiger partial charge < -0.3 is 30.7 Å². The minimum absolute atomic E-state index is 0.0345. The van der Waals surface area contributed by atoms with Crippen molar-refractivity contribution in [2.24, 2.45) is 0 Å². The lowest BCUT2D eigenvalue weighted by atomic mass is 10.2. The molecule has 178 valence electrons. The summed E-state index contributed by atoms with van der Waals surface area (Å²) in [5.74, 6) is 0.444. The second-order valence-corrected chi connectivity index (χ2v) is 7.63. The van der Waals surface area contributed by atoms with Gasteiger partial charge in [-0.15, -0.1) is 0 Å². The molecule has 3 aromatic rings. The fourth-order valence-corrected chi connectivity index (χ4v) is 3.69. The van der Waals surface area contributed by atoms with Crippen LogP contribution in [0.1, 0.15) is 21.6 Å². The highest BCUT2D eigenvalue weighted by atomic mass is 16.6. The van der Waals surface area contributed by atoms with Crippen molar-refractivity contribution >= 4 is 23.3 Å². The summed E-state index contributed by atoms with van der Waals surface area (Å²) in [7, 11) is 1.55. The monoisotopic (exact) mass is 466 g/mol. The van der Waals surface area contributed by atoms with Crippen molar-refractivity contribution in [1.82, 2.24) is 20.9 Å². The molecule has 1 aliphatic rings. The number of anilines is 2. The molecule has 2 amide bonds. The number of methoxy groups -OCH3 is 1. The Labute approximate surface area is 196 Å². The second-order valence-electron chi connectivity index (χ2n) is 7.63. The Bertz CT molecular complexity index is 1160. The summed E-state index contributed by atoms with van der Waals surface area (Å²) < 4.78 is 15.6. The molecule has 0 bridgehead atoms. The third-order valence-corrected chi connectivity index (χ3v) is 5.41. The van der Waals surface area contributed by atoms with Crippen LogP contribution in [0.5, 0.6) is 11.5 Å². The van der Waals surface area contributed by atoms with Crippen LogP contribution < -0.4 is 30.7 Å². The van der Waals surface area contributed by atoms with Crippen LogP contribution in [-0.4, -0.2) is 55.5 Å². The molecule has 0 aliphatic carbocycles. The number of nitrogens with one attached hydrogen (secondary N) is 2. The Hall–Kier alpha value is -4.12. The van der Waals surface area contributed by atoms with Crippen LogP contribution in [0.25, 0.3) is 0 Å². The maximum atomic E-state index is 12.7. The van der Waals surface area contributed by atoms with Crippen molar-refractivity contribution < 1.29 is 23.7 Å². The SMILES string of the molecule is COc1cc(CNCCNC(=O)c2nonc2N)ccc1OCC(=O)N1CCc2ccccc21. The molecule has 4 N–H and O–H groups in total. The van der Waals surface area contributed by atoms with Gasteiger partial charge >= 0.3 is 0 Å². The molecule has 0 saturated heterocycles. The topological polar surface area (TPSA) is 145 Å². The van der Waals surface area contributed by atoms with Gasteiger partial charge in [-0.1, -0.05) is 24.3 Å². The Morgan fingerprint density at radius 1 is 1.15 bits per heavy atom. The van der Waals surface area contributed by atoms with E-state index in [1.807, 2.05) is 36.4 Å². The number of nitrogens with zero attached hydrogens (tertiary/aromatic N) is 3. The number of nitrogens with two attached hydrogens (primary N) is 1. The number of carbonyl (C=O) groups is 2. The zero-order chi connectivity index (χ0) is 23.9. The van der Waals surface area contributed by atoms with Gasteiger partial charge in [0.1, 0.15) is 0 Å². The molecule has 0 atom stereocenters. The van der Waals surface area contributed by atoms with E-state index in [2.05, 4.69) is 25.6 Å². The number of carbonyl (C=O) groups excluding carboxylic acids is 2. The Morgan fingerprint density at radius 2 is 2.00 bits per heavy atom. The van der Waals surface area contributed by atoms with Gasteiger partial charge in [-0.3, -0.25) is 9.59 Å². The lowest BCUT2D eigenvalue weighted by Gasteiger charge is -2.18. The number of hydrogen-bond acceptors (Lipinski definition) is 9. The van der Waals surface area contributed by atoms with Crippen LogP contribution in [0, 0.1) is 0 Å². The van der Waals surface area contributed by atoms with E-state index in [4.69, 9.17) is 15.2 Å². The van der Waals surface area contributed by atoms with Crippen LogP contribution in [0.3, 0.4) is 0 Å². The zero-order valence-electron chi connectivity index (χ0n) is 18.7. The molecule has 0 unspecified atom stereocenters. The third kappa shape index (κ3) is 5.26. The van der Waals surface area contributed by atoms with E-state index >= 15 is 0 Å². The Kier molecular flexibility index (Phi) is 7.23. The average Bonchev–Trinajstić information content (AvgIpc) is 3.48. The van der Waals surface area contributed by atoms with Crippen molar-refractivity contribution in [3.8, 4) is 11.5 Å². The van der Waals surface area contributed by atoms with Gasteiger partial charge in [0.2, 0.25) is 11.5 Å². The number of ether oxygens (including phenoxy) is 2. The highest BCUT2D eigenvalue weighted by Crippen LogP contribution is 2.30. The van der Waals surface area contributed by atoms with E-state index in [0.717, 1.165) is 17.7 Å². The first-order chi connectivity index (χ1) is 16.6. The molecule has 4 rings (SSSR count). The number of para-hydroxylation sites is 1. The quantitative estimate of drug-likeness (QED) is 0.375. The molecule has 2 heterocycles. The zero-order valence-corrected chi connectivity index (χ0v) is 18.7. The van der Waals surface area contributed by atoms with Gasteiger partial charge in [-0.25, -0.2) is 4.63 Å². The molecular formula is C23H26N6O5. The van der Waals surface area contributed by atoms with Crippen LogP contribution in [0.2, 0.25) is 0 Å². The summed E-state index contributed by atoms with van der Waals surface area (Å²) in [4.78, 5) is 26.3. The molecule has 0 spiro atoms. The molecule has 0 fully saturated rings. The summed E-state index contributed by atoms with van der Waals surface area (Å²) in [6, 6.07) is 13.4. The van der Waals surface area contributed by atoms with Crippen molar-refractivity contribution in [1.29, 1.82) is 0 Å². The molecule has 0 saturated carbocycles. The van der Waals surface area contributed by atoms with Crippen LogP contribution in [0.4, 0.5) is 11.5 Å². The summed E-state index contributed by atoms with van der Waals surface area (Å²) in [6.45, 7) is 2.01. The molecule has 1 aliphatic heterocycles. The first-order valence-corrected chi connectivity index (χ1v) is 10.8. The first kappa shape index (κ1) is 23.1. The fraction of sp³-hybridized carbons (Fsp3) is 0.304. The smallest absolute Gasteiger partial charge is 0.277 e. The van der Waals surface area contributed by atoms with E-state index in [0.29, 0.717) is 37.7 Å². The predicted octanol–water partition coefficient (Wildman–Crippen LogP) is 1.15. The van der Waals surface area contributed by atoms with Crippen LogP contribution in [0.15, 0.2) is 47.1 Å².